The van der Waals surface area contributed by atoms with Crippen LogP contribution in [0, 0.1) is 19.3 Å². The number of carbonyl (C=O) groups excluding carboxylic acids is 3. The van der Waals surface area contributed by atoms with Crippen molar-refractivity contribution in [1.82, 2.24) is 9.80 Å². The summed E-state index contributed by atoms with van der Waals surface area (Å²) in [6.45, 7) is 8.38. The number of hydrogen-bond donors (Lipinski definition) is 1. The maximum Gasteiger partial charge on any atom is 0.311 e. The van der Waals surface area contributed by atoms with E-state index in [-0.39, 0.29) is 47.3 Å². The van der Waals surface area contributed by atoms with E-state index in [1.165, 1.54) is 33.3 Å². The summed E-state index contributed by atoms with van der Waals surface area (Å²) in [7, 11) is 9.26. The van der Waals surface area contributed by atoms with E-state index in [9.17, 15) is 19.5 Å². The summed E-state index contributed by atoms with van der Waals surface area (Å²) < 4.78 is 34.8. The first kappa shape index (κ1) is 32.2. The third-order valence-electron chi connectivity index (χ3n) is 9.34. The summed E-state index contributed by atoms with van der Waals surface area (Å²) in [5.41, 5.74) is 1.79. The first-order valence-corrected chi connectivity index (χ1v) is 14.8. The molecule has 1 amide bonds. The van der Waals surface area contributed by atoms with Crippen LogP contribution in [-0.4, -0.2) is 93.9 Å². The minimum atomic E-state index is -1.14. The van der Waals surface area contributed by atoms with Gasteiger partial charge in [0.25, 0.3) is 0 Å². The molecule has 2 bridgehead atoms. The predicted octanol–water partition coefficient (Wildman–Crippen LogP) is 3.69. The zero-order valence-corrected chi connectivity index (χ0v) is 27.7. The Morgan fingerprint density at radius 1 is 0.822 bits per heavy atom. The van der Waals surface area contributed by atoms with Crippen LogP contribution in [-0.2, 0) is 20.7 Å². The fourth-order valence-electron chi connectivity index (χ4n) is 7.24. The molecule has 2 aromatic carbocycles. The van der Waals surface area contributed by atoms with E-state index in [1.54, 1.807) is 41.9 Å². The molecule has 4 atom stereocenters. The van der Waals surface area contributed by atoms with E-state index in [0.717, 1.165) is 5.56 Å². The molecule has 1 saturated heterocycles. The van der Waals surface area contributed by atoms with E-state index in [4.69, 9.17) is 28.4 Å². The van der Waals surface area contributed by atoms with Crippen LogP contribution in [0.5, 0.6) is 34.5 Å². The van der Waals surface area contributed by atoms with Crippen molar-refractivity contribution in [1.29, 1.82) is 0 Å². The molecule has 1 fully saturated rings. The second kappa shape index (κ2) is 11.3. The van der Waals surface area contributed by atoms with Gasteiger partial charge in [0, 0.05) is 34.2 Å². The fourth-order valence-corrected chi connectivity index (χ4v) is 7.24. The van der Waals surface area contributed by atoms with Crippen molar-refractivity contribution >= 4 is 17.7 Å². The average Bonchev–Trinajstić information content (AvgIpc) is 2.99. The SMILES string of the molecule is COc1c(C)c(OC)c(OC)c2c1C[C@H]1C(=O)N3[C@@H](COC(=O)C(C)(C)C)c4c(OC)c(OC)c(C)c(O)c4C(=O)[C@H]3[C@@H]2N1C. The molecular weight excluding hydrogens is 584 g/mol. The number of benzene rings is 2. The van der Waals surface area contributed by atoms with Gasteiger partial charge in [-0.25, -0.2) is 0 Å². The number of esters is 1. The molecule has 3 aliphatic heterocycles. The minimum Gasteiger partial charge on any atom is -0.507 e. The number of piperazine rings is 1. The lowest BCUT2D eigenvalue weighted by atomic mass is 9.72. The van der Waals surface area contributed by atoms with Gasteiger partial charge < -0.3 is 38.4 Å². The summed E-state index contributed by atoms with van der Waals surface area (Å²) in [5, 5.41) is 11.6. The van der Waals surface area contributed by atoms with Crippen LogP contribution < -0.4 is 23.7 Å². The number of ether oxygens (including phenoxy) is 6. The summed E-state index contributed by atoms with van der Waals surface area (Å²) in [5.74, 6) is 0.211. The van der Waals surface area contributed by atoms with E-state index in [2.05, 4.69) is 0 Å². The smallest absolute Gasteiger partial charge is 0.311 e. The van der Waals surface area contributed by atoms with Crippen molar-refractivity contribution in [2.24, 2.45) is 5.41 Å². The van der Waals surface area contributed by atoms with Crippen LogP contribution >= 0.6 is 0 Å². The number of likely N-dealkylation sites (N-methyl/N-ethyl adjacent to an activating group) is 1. The van der Waals surface area contributed by atoms with Gasteiger partial charge in [0.15, 0.2) is 28.8 Å². The van der Waals surface area contributed by atoms with E-state index in [1.807, 2.05) is 11.8 Å². The number of phenols is 1. The molecule has 12 nitrogen and oxygen atoms in total. The van der Waals surface area contributed by atoms with Crippen molar-refractivity contribution in [3.05, 3.63) is 33.4 Å². The molecule has 5 rings (SSSR count). The molecule has 0 radical (unpaired) electrons. The molecule has 0 spiro atoms. The molecule has 0 aromatic heterocycles. The highest BCUT2D eigenvalue weighted by molar-refractivity contribution is 6.10. The molecule has 3 heterocycles. The number of nitrogens with zero attached hydrogens (tertiary/aromatic N) is 2. The molecule has 3 aliphatic rings. The summed E-state index contributed by atoms with van der Waals surface area (Å²) >= 11 is 0. The van der Waals surface area contributed by atoms with Crippen LogP contribution in [0.25, 0.3) is 0 Å². The maximum atomic E-state index is 14.8. The van der Waals surface area contributed by atoms with Gasteiger partial charge in [-0.3, -0.25) is 19.3 Å². The lowest BCUT2D eigenvalue weighted by molar-refractivity contribution is -0.163. The number of aromatic hydroxyl groups is 1. The minimum absolute atomic E-state index is 0.0139. The van der Waals surface area contributed by atoms with E-state index < -0.39 is 41.3 Å². The number of ketones is 1. The molecule has 1 N–H and O–H groups in total. The standard InChI is InChI=1S/C33H42N2O10/c1-14-24(36)21-20(30(44-11)27(14)41-8)18(13-45-32(39)33(3,4)5)35-23(25(21)37)22-19-16(12-17(31(35)38)34(22)6)26(40-7)15(2)28(42-9)29(19)43-10/h17-18,22-23,36H,12-13H2,1-11H3/t17-,18-,22+,23+/m0/s1. The van der Waals surface area contributed by atoms with E-state index >= 15 is 0 Å². The fraction of sp³-hybridized carbons (Fsp3) is 0.545. The Hall–Kier alpha value is -4.19. The summed E-state index contributed by atoms with van der Waals surface area (Å²) in [6.07, 6.45) is 0.268. The number of fused-ring (bicyclic) bond motifs is 7. The van der Waals surface area contributed by atoms with Crippen LogP contribution in [0.4, 0.5) is 0 Å². The van der Waals surface area contributed by atoms with E-state index in [0.29, 0.717) is 33.9 Å². The van der Waals surface area contributed by atoms with Crippen LogP contribution in [0.15, 0.2) is 0 Å². The van der Waals surface area contributed by atoms with Gasteiger partial charge in [-0.2, -0.15) is 0 Å². The number of carbonyl (C=O) groups is 3. The largest absolute Gasteiger partial charge is 0.507 e. The lowest BCUT2D eigenvalue weighted by Gasteiger charge is -2.56. The van der Waals surface area contributed by atoms with Gasteiger partial charge in [-0.15, -0.1) is 0 Å². The van der Waals surface area contributed by atoms with Gasteiger partial charge in [-0.05, 0) is 41.7 Å². The number of rotatable bonds is 7. The molecule has 0 unspecified atom stereocenters. The highest BCUT2D eigenvalue weighted by atomic mass is 16.5. The quantitative estimate of drug-likeness (QED) is 0.451. The first-order chi connectivity index (χ1) is 21.2. The second-order valence-corrected chi connectivity index (χ2v) is 12.7. The molecule has 45 heavy (non-hydrogen) atoms. The lowest BCUT2D eigenvalue weighted by Crippen LogP contribution is -2.68. The predicted molar refractivity (Wildman–Crippen MR) is 163 cm³/mol. The second-order valence-electron chi connectivity index (χ2n) is 12.7. The Morgan fingerprint density at radius 2 is 1.36 bits per heavy atom. The highest BCUT2D eigenvalue weighted by Crippen LogP contribution is 2.58. The average molecular weight is 627 g/mol. The van der Waals surface area contributed by atoms with Crippen LogP contribution in [0.1, 0.15) is 71.0 Å². The Morgan fingerprint density at radius 3 is 1.89 bits per heavy atom. The Kier molecular flexibility index (Phi) is 8.10. The molecule has 0 aliphatic carbocycles. The molecule has 12 heteroatoms. The van der Waals surface area contributed by atoms with Crippen molar-refractivity contribution < 1.29 is 47.9 Å². The third kappa shape index (κ3) is 4.47. The zero-order chi connectivity index (χ0) is 33.3. The van der Waals surface area contributed by atoms with Gasteiger partial charge in [0.05, 0.1) is 64.7 Å². The van der Waals surface area contributed by atoms with Crippen LogP contribution in [0.3, 0.4) is 0 Å². The van der Waals surface area contributed by atoms with Crippen LogP contribution in [0.2, 0.25) is 0 Å². The van der Waals surface area contributed by atoms with Crippen molar-refractivity contribution in [3.8, 4) is 34.5 Å². The van der Waals surface area contributed by atoms with Crippen molar-refractivity contribution in [2.75, 3.05) is 49.2 Å². The van der Waals surface area contributed by atoms with Gasteiger partial charge >= 0.3 is 5.97 Å². The first-order valence-electron chi connectivity index (χ1n) is 14.8. The van der Waals surface area contributed by atoms with Gasteiger partial charge in [0.1, 0.15) is 24.1 Å². The zero-order valence-electron chi connectivity index (χ0n) is 27.7. The number of Topliss-reactive ketones (excluding diaryl/α,β-unsaturated/α-hetero) is 1. The number of methoxy groups -OCH3 is 5. The summed E-state index contributed by atoms with van der Waals surface area (Å²) in [6, 6.07) is -3.55. The number of phenolic OH excluding ortho intramolecular Hbond substituents is 1. The Labute approximate surface area is 263 Å². The maximum absolute atomic E-state index is 14.8. The Bertz CT molecular complexity index is 1590. The molecule has 244 valence electrons. The highest BCUT2D eigenvalue weighted by Gasteiger charge is 2.60. The van der Waals surface area contributed by atoms with Crippen molar-refractivity contribution in [3.63, 3.8) is 0 Å². The Balaban J connectivity index is 1.84. The normalized spacial score (nSPS) is 22.2. The molecular formula is C33H42N2O10. The number of amides is 1. The molecule has 2 aromatic rings. The number of hydrogen-bond acceptors (Lipinski definition) is 11. The summed E-state index contributed by atoms with van der Waals surface area (Å²) in [4.78, 5) is 45.9. The van der Waals surface area contributed by atoms with Crippen molar-refractivity contribution in [2.45, 2.75) is 65.2 Å². The van der Waals surface area contributed by atoms with Gasteiger partial charge in [-0.1, -0.05) is 0 Å². The topological polar surface area (TPSA) is 133 Å². The molecule has 0 saturated carbocycles. The third-order valence-corrected chi connectivity index (χ3v) is 9.34. The monoisotopic (exact) mass is 626 g/mol. The van der Waals surface area contributed by atoms with Gasteiger partial charge in [0.2, 0.25) is 5.91 Å².